The molecule has 6 nitrogen and oxygen atoms in total. The molecule has 4 aromatic rings. The lowest BCUT2D eigenvalue weighted by Gasteiger charge is -2.08. The maximum Gasteiger partial charge on any atom is 0.218 e. The summed E-state index contributed by atoms with van der Waals surface area (Å²) in [7, 11) is 0. The molecule has 0 aliphatic rings. The molecule has 1 N–H and O–H groups in total. The van der Waals surface area contributed by atoms with Gasteiger partial charge in [-0.2, -0.15) is 0 Å². The third-order valence-corrected chi connectivity index (χ3v) is 5.56. The van der Waals surface area contributed by atoms with Crippen LogP contribution in [-0.2, 0) is 26.2 Å². The number of unbranched alkanes of at least 4 members (excludes halogenated alkanes) is 1. The molecule has 0 saturated carbocycles. The van der Waals surface area contributed by atoms with Crippen molar-refractivity contribution in [3.05, 3.63) is 100 Å². The molecule has 0 fully saturated rings. The summed E-state index contributed by atoms with van der Waals surface area (Å²) in [5, 5.41) is 9.92. The fourth-order valence-electron chi connectivity index (χ4n) is 3.48. The molecule has 0 aliphatic carbocycles. The standard InChI is InChI=1S/C26H25ClFN3O3/c27-21-8-4-19(5-9-21)6-11-26-30-22(18-34-26)17-33-23-10-7-20(24(28)15-23)3-1-2-13-31-14-12-29-25(31)16-32/h4-12,14-15,18,32H,1-3,13,16-17H2/b11-6+. The van der Waals surface area contributed by atoms with E-state index >= 15 is 0 Å². The molecule has 0 saturated heterocycles. The number of aliphatic hydroxyl groups excluding tert-OH is 1. The van der Waals surface area contributed by atoms with Crippen molar-refractivity contribution < 1.29 is 18.7 Å². The zero-order valence-electron chi connectivity index (χ0n) is 18.5. The number of hydrogen-bond acceptors (Lipinski definition) is 5. The second-order valence-corrected chi connectivity index (χ2v) is 8.19. The van der Waals surface area contributed by atoms with E-state index in [9.17, 15) is 9.50 Å². The van der Waals surface area contributed by atoms with Crippen molar-refractivity contribution in [3.8, 4) is 5.75 Å². The predicted molar refractivity (Wildman–Crippen MR) is 129 cm³/mol. The first-order chi connectivity index (χ1) is 16.6. The lowest BCUT2D eigenvalue weighted by atomic mass is 10.1. The Labute approximate surface area is 202 Å². The largest absolute Gasteiger partial charge is 0.487 e. The van der Waals surface area contributed by atoms with E-state index in [4.69, 9.17) is 20.8 Å². The molecule has 0 bridgehead atoms. The van der Waals surface area contributed by atoms with Gasteiger partial charge in [0.15, 0.2) is 0 Å². The molecule has 0 amide bonds. The predicted octanol–water partition coefficient (Wildman–Crippen LogP) is 5.93. The number of hydrogen-bond donors (Lipinski definition) is 1. The SMILES string of the molecule is OCc1nccn1CCCCc1ccc(OCc2coc(/C=C/c3ccc(Cl)cc3)n2)cc1F. The summed E-state index contributed by atoms with van der Waals surface area (Å²) in [5.74, 6) is 1.25. The molecule has 4 rings (SSSR count). The van der Waals surface area contributed by atoms with Crippen molar-refractivity contribution in [3.63, 3.8) is 0 Å². The number of aromatic nitrogens is 3. The van der Waals surface area contributed by atoms with Crippen LogP contribution in [0.25, 0.3) is 12.2 Å². The van der Waals surface area contributed by atoms with E-state index in [0.29, 0.717) is 40.2 Å². The highest BCUT2D eigenvalue weighted by Gasteiger charge is 2.07. The van der Waals surface area contributed by atoms with Crippen molar-refractivity contribution in [2.24, 2.45) is 0 Å². The topological polar surface area (TPSA) is 73.3 Å². The Morgan fingerprint density at radius 3 is 2.76 bits per heavy atom. The number of nitrogens with zero attached hydrogens (tertiary/aromatic N) is 3. The van der Waals surface area contributed by atoms with Gasteiger partial charge in [-0.3, -0.25) is 0 Å². The Balaban J connectivity index is 1.24. The maximum absolute atomic E-state index is 14.5. The Kier molecular flexibility index (Phi) is 8.12. The fourth-order valence-corrected chi connectivity index (χ4v) is 3.60. The molecule has 0 unspecified atom stereocenters. The van der Waals surface area contributed by atoms with Crippen LogP contribution in [0, 0.1) is 5.82 Å². The summed E-state index contributed by atoms with van der Waals surface area (Å²) in [6, 6.07) is 12.3. The Morgan fingerprint density at radius 1 is 1.12 bits per heavy atom. The Bertz CT molecular complexity index is 1230. The van der Waals surface area contributed by atoms with Crippen LogP contribution in [0.2, 0.25) is 5.02 Å². The third kappa shape index (κ3) is 6.56. The lowest BCUT2D eigenvalue weighted by Crippen LogP contribution is -2.03. The third-order valence-electron chi connectivity index (χ3n) is 5.31. The Hall–Kier alpha value is -3.42. The first kappa shape index (κ1) is 23.7. The molecule has 2 aromatic heterocycles. The number of aliphatic hydroxyl groups is 1. The summed E-state index contributed by atoms with van der Waals surface area (Å²) in [5.41, 5.74) is 2.24. The van der Waals surface area contributed by atoms with Gasteiger partial charge in [-0.25, -0.2) is 14.4 Å². The van der Waals surface area contributed by atoms with Gasteiger partial charge in [0.05, 0.1) is 0 Å². The Morgan fingerprint density at radius 2 is 1.97 bits per heavy atom. The molecule has 0 atom stereocenters. The number of halogens is 2. The van der Waals surface area contributed by atoms with Crippen molar-refractivity contribution in [2.45, 2.75) is 39.0 Å². The normalized spacial score (nSPS) is 11.4. The average molecular weight is 482 g/mol. The number of rotatable bonds is 11. The minimum Gasteiger partial charge on any atom is -0.487 e. The van der Waals surface area contributed by atoms with Crippen molar-refractivity contribution in [1.82, 2.24) is 14.5 Å². The van der Waals surface area contributed by atoms with E-state index < -0.39 is 0 Å². The van der Waals surface area contributed by atoms with Gasteiger partial charge in [0.25, 0.3) is 0 Å². The van der Waals surface area contributed by atoms with Crippen LogP contribution in [0.1, 0.15) is 41.4 Å². The van der Waals surface area contributed by atoms with E-state index in [1.165, 1.54) is 12.3 Å². The van der Waals surface area contributed by atoms with E-state index in [1.807, 2.05) is 41.1 Å². The van der Waals surface area contributed by atoms with Crippen LogP contribution >= 0.6 is 11.6 Å². The number of oxazole rings is 1. The average Bonchev–Trinajstić information content (AvgIpc) is 3.50. The summed E-state index contributed by atoms with van der Waals surface area (Å²) >= 11 is 5.89. The number of imidazole rings is 1. The number of benzene rings is 2. The van der Waals surface area contributed by atoms with E-state index in [-0.39, 0.29) is 19.0 Å². The van der Waals surface area contributed by atoms with Gasteiger partial charge in [0.2, 0.25) is 5.89 Å². The van der Waals surface area contributed by atoms with Crippen LogP contribution < -0.4 is 4.74 Å². The first-order valence-electron chi connectivity index (χ1n) is 11.0. The van der Waals surface area contributed by atoms with Gasteiger partial charge < -0.3 is 18.8 Å². The van der Waals surface area contributed by atoms with Crippen LogP contribution in [0.3, 0.4) is 0 Å². The molecule has 34 heavy (non-hydrogen) atoms. The van der Waals surface area contributed by atoms with Gasteiger partial charge in [0.1, 0.15) is 42.6 Å². The molecule has 176 valence electrons. The molecule has 0 spiro atoms. The maximum atomic E-state index is 14.5. The fraction of sp³-hybridized carbons (Fsp3) is 0.231. The zero-order chi connectivity index (χ0) is 23.8. The van der Waals surface area contributed by atoms with E-state index in [2.05, 4.69) is 9.97 Å². The van der Waals surface area contributed by atoms with Crippen LogP contribution in [0.5, 0.6) is 5.75 Å². The first-order valence-corrected chi connectivity index (χ1v) is 11.4. The van der Waals surface area contributed by atoms with Crippen LogP contribution in [-0.4, -0.2) is 19.6 Å². The van der Waals surface area contributed by atoms with Crippen molar-refractivity contribution in [2.75, 3.05) is 0 Å². The van der Waals surface area contributed by atoms with Gasteiger partial charge >= 0.3 is 0 Å². The second-order valence-electron chi connectivity index (χ2n) is 7.76. The molecular weight excluding hydrogens is 457 g/mol. The van der Waals surface area contributed by atoms with Crippen molar-refractivity contribution in [1.29, 1.82) is 0 Å². The molecule has 0 aliphatic heterocycles. The molecule has 2 aromatic carbocycles. The minimum atomic E-state index is -0.289. The smallest absolute Gasteiger partial charge is 0.218 e. The van der Waals surface area contributed by atoms with Crippen LogP contribution in [0.4, 0.5) is 4.39 Å². The quantitative estimate of drug-likeness (QED) is 0.269. The molecular formula is C26H25ClFN3O3. The van der Waals surface area contributed by atoms with Crippen molar-refractivity contribution >= 4 is 23.8 Å². The van der Waals surface area contributed by atoms with E-state index in [1.54, 1.807) is 24.4 Å². The molecule has 2 heterocycles. The van der Waals surface area contributed by atoms with Gasteiger partial charge in [0, 0.05) is 36.1 Å². The summed E-state index contributed by atoms with van der Waals surface area (Å²) in [6.45, 7) is 0.835. The lowest BCUT2D eigenvalue weighted by molar-refractivity contribution is 0.264. The van der Waals surface area contributed by atoms with Gasteiger partial charge in [-0.05, 0) is 54.7 Å². The summed E-state index contributed by atoms with van der Waals surface area (Å²) in [6.07, 6.45) is 11.0. The molecule has 8 heteroatoms. The number of aryl methyl sites for hydroxylation is 2. The second kappa shape index (κ2) is 11.6. The summed E-state index contributed by atoms with van der Waals surface area (Å²) < 4.78 is 27.5. The van der Waals surface area contributed by atoms with Gasteiger partial charge in [-0.15, -0.1) is 0 Å². The van der Waals surface area contributed by atoms with E-state index in [0.717, 1.165) is 24.9 Å². The number of ether oxygens (including phenoxy) is 1. The summed E-state index contributed by atoms with van der Waals surface area (Å²) in [4.78, 5) is 8.44. The zero-order valence-corrected chi connectivity index (χ0v) is 19.3. The monoisotopic (exact) mass is 481 g/mol. The minimum absolute atomic E-state index is 0.0845. The van der Waals surface area contributed by atoms with Gasteiger partial charge in [-0.1, -0.05) is 29.8 Å². The molecule has 0 radical (unpaired) electrons. The highest BCUT2D eigenvalue weighted by molar-refractivity contribution is 6.30. The highest BCUT2D eigenvalue weighted by atomic mass is 35.5. The highest BCUT2D eigenvalue weighted by Crippen LogP contribution is 2.20. The van der Waals surface area contributed by atoms with Crippen LogP contribution in [0.15, 0.2) is 65.5 Å².